The summed E-state index contributed by atoms with van der Waals surface area (Å²) >= 11 is 0. The van der Waals surface area contributed by atoms with Gasteiger partial charge in [0, 0.05) is 17.8 Å². The number of carbonyl (C=O) groups excluding carboxylic acids is 1. The molecule has 5 aliphatic rings. The summed E-state index contributed by atoms with van der Waals surface area (Å²) in [7, 11) is 0. The topological polar surface area (TPSA) is 44.8 Å². The van der Waals surface area contributed by atoms with Gasteiger partial charge in [-0.15, -0.1) is 0 Å². The first-order valence-corrected chi connectivity index (χ1v) is 10.0. The van der Waals surface area contributed by atoms with Gasteiger partial charge in [-0.3, -0.25) is 4.79 Å². The van der Waals surface area contributed by atoms with Gasteiger partial charge in [0.25, 0.3) is 0 Å². The molecule has 1 saturated heterocycles. The first-order valence-electron chi connectivity index (χ1n) is 10.0. The van der Waals surface area contributed by atoms with Crippen molar-refractivity contribution in [2.24, 2.45) is 35.5 Å². The smallest absolute Gasteiger partial charge is 0.437 e. The van der Waals surface area contributed by atoms with Crippen molar-refractivity contribution in [1.82, 2.24) is 0 Å². The van der Waals surface area contributed by atoms with E-state index in [1.165, 1.54) is 6.08 Å². The molecule has 1 aliphatic heterocycles. The Kier molecular flexibility index (Phi) is 4.23. The lowest BCUT2D eigenvalue weighted by atomic mass is 9.77. The van der Waals surface area contributed by atoms with Crippen LogP contribution in [-0.4, -0.2) is 36.1 Å². The number of allylic oxidation sites excluding steroid dienone is 2. The van der Waals surface area contributed by atoms with Gasteiger partial charge in [0.15, 0.2) is 0 Å². The van der Waals surface area contributed by atoms with Crippen LogP contribution in [0.15, 0.2) is 24.7 Å². The van der Waals surface area contributed by atoms with Crippen molar-refractivity contribution in [3.05, 3.63) is 24.7 Å². The fourth-order valence-corrected chi connectivity index (χ4v) is 6.40. The van der Waals surface area contributed by atoms with Crippen LogP contribution < -0.4 is 0 Å². The van der Waals surface area contributed by atoms with Crippen LogP contribution in [0.2, 0.25) is 0 Å². The van der Waals surface area contributed by atoms with E-state index in [-0.39, 0.29) is 42.5 Å². The molecule has 10 heteroatoms. The van der Waals surface area contributed by atoms with E-state index in [2.05, 4.69) is 4.74 Å². The minimum atomic E-state index is -5.65. The first kappa shape index (κ1) is 20.1. The Morgan fingerprint density at radius 3 is 2.30 bits per heavy atom. The maximum atomic E-state index is 13.9. The van der Waals surface area contributed by atoms with Crippen molar-refractivity contribution in [2.45, 2.75) is 55.8 Å². The second kappa shape index (κ2) is 6.32. The first-order chi connectivity index (χ1) is 14.0. The SMILES string of the molecule is O=C1OC2C3CC(CC13)C2O/C=C/OC(C1CC2C=CC1C2)(C(F)(F)F)C(F)(F)F. The Morgan fingerprint density at radius 1 is 0.967 bits per heavy atom. The molecule has 0 radical (unpaired) electrons. The van der Waals surface area contributed by atoms with Gasteiger partial charge in [-0.1, -0.05) is 12.2 Å². The third kappa shape index (κ3) is 2.64. The molecule has 166 valence electrons. The average molecular weight is 438 g/mol. The number of carbonyl (C=O) groups is 1. The maximum absolute atomic E-state index is 13.9. The molecule has 3 saturated carbocycles. The van der Waals surface area contributed by atoms with Crippen molar-refractivity contribution in [3.8, 4) is 0 Å². The molecular weight excluding hydrogens is 418 g/mol. The molecular formula is C20H20F6O4. The summed E-state index contributed by atoms with van der Waals surface area (Å²) in [6, 6.07) is 0. The van der Waals surface area contributed by atoms with E-state index in [4.69, 9.17) is 9.47 Å². The van der Waals surface area contributed by atoms with Gasteiger partial charge in [0.2, 0.25) is 0 Å². The lowest BCUT2D eigenvalue weighted by Crippen LogP contribution is -2.63. The van der Waals surface area contributed by atoms with Gasteiger partial charge >= 0.3 is 23.9 Å². The van der Waals surface area contributed by atoms with E-state index in [0.29, 0.717) is 19.1 Å². The van der Waals surface area contributed by atoms with Gasteiger partial charge in [-0.25, -0.2) is 0 Å². The summed E-state index contributed by atoms with van der Waals surface area (Å²) in [6.07, 6.45) is -6.90. The van der Waals surface area contributed by atoms with E-state index in [1.54, 1.807) is 6.08 Å². The summed E-state index contributed by atoms with van der Waals surface area (Å²) < 4.78 is 98.4. The van der Waals surface area contributed by atoms with Crippen LogP contribution in [-0.2, 0) is 19.0 Å². The Hall–Kier alpha value is -1.87. The summed E-state index contributed by atoms with van der Waals surface area (Å²) in [5.74, 6) is -3.37. The van der Waals surface area contributed by atoms with Crippen molar-refractivity contribution in [2.75, 3.05) is 0 Å². The van der Waals surface area contributed by atoms with Gasteiger partial charge in [-0.05, 0) is 37.5 Å². The normalized spacial score (nSPS) is 41.9. The molecule has 30 heavy (non-hydrogen) atoms. The lowest BCUT2D eigenvalue weighted by molar-refractivity contribution is -0.387. The summed E-state index contributed by atoms with van der Waals surface area (Å²) in [6.45, 7) is 0. The Bertz CT molecular complexity index is 773. The van der Waals surface area contributed by atoms with Crippen LogP contribution in [0.25, 0.3) is 0 Å². The molecule has 4 nitrogen and oxygen atoms in total. The van der Waals surface area contributed by atoms with Crippen LogP contribution >= 0.6 is 0 Å². The molecule has 0 N–H and O–H groups in total. The van der Waals surface area contributed by atoms with Crippen LogP contribution in [0.1, 0.15) is 25.7 Å². The molecule has 0 amide bonds. The van der Waals surface area contributed by atoms with E-state index >= 15 is 0 Å². The Morgan fingerprint density at radius 2 is 1.70 bits per heavy atom. The van der Waals surface area contributed by atoms with Crippen LogP contribution in [0, 0.1) is 35.5 Å². The highest BCUT2D eigenvalue weighted by atomic mass is 19.4. The van der Waals surface area contributed by atoms with E-state index in [1.807, 2.05) is 0 Å². The second-order valence-corrected chi connectivity index (χ2v) is 9.01. The van der Waals surface area contributed by atoms with E-state index in [0.717, 1.165) is 6.26 Å². The molecule has 0 aromatic heterocycles. The molecule has 1 heterocycles. The van der Waals surface area contributed by atoms with Gasteiger partial charge in [0.1, 0.15) is 24.7 Å². The fourth-order valence-electron chi connectivity index (χ4n) is 6.40. The molecule has 0 aromatic rings. The molecule has 4 bridgehead atoms. The number of esters is 1. The highest BCUT2D eigenvalue weighted by molar-refractivity contribution is 5.76. The van der Waals surface area contributed by atoms with Crippen LogP contribution in [0.4, 0.5) is 26.3 Å². The zero-order chi connectivity index (χ0) is 21.5. The van der Waals surface area contributed by atoms with Crippen molar-refractivity contribution >= 4 is 5.97 Å². The number of hydrogen-bond acceptors (Lipinski definition) is 4. The molecule has 4 aliphatic carbocycles. The fraction of sp³-hybridized carbons (Fsp3) is 0.750. The van der Waals surface area contributed by atoms with E-state index in [9.17, 15) is 31.1 Å². The standard InChI is InChI=1S/C20H20F6O4/c21-19(22,23)18(20(24,25)26,14-6-9-1-2-10(14)5-9)29-4-3-28-15-11-7-12-13(8-11)17(27)30-16(12)15/h1-4,9-16H,5-8H2/b4-3+. The number of hydrogen-bond donors (Lipinski definition) is 0. The number of halogens is 6. The average Bonchev–Trinajstić information content (AvgIpc) is 3.41. The maximum Gasteiger partial charge on any atom is 0.437 e. The van der Waals surface area contributed by atoms with Crippen molar-refractivity contribution < 1.29 is 45.3 Å². The predicted molar refractivity (Wildman–Crippen MR) is 88.4 cm³/mol. The minimum Gasteiger partial charge on any atom is -0.491 e. The largest absolute Gasteiger partial charge is 0.491 e. The zero-order valence-corrected chi connectivity index (χ0v) is 15.7. The van der Waals surface area contributed by atoms with Gasteiger partial charge in [0.05, 0.1) is 5.92 Å². The van der Waals surface area contributed by atoms with Crippen molar-refractivity contribution in [3.63, 3.8) is 0 Å². The van der Waals surface area contributed by atoms with Gasteiger partial charge < -0.3 is 14.2 Å². The number of alkyl halides is 6. The Balaban J connectivity index is 1.35. The summed E-state index contributed by atoms with van der Waals surface area (Å²) in [4.78, 5) is 11.8. The quantitative estimate of drug-likeness (QED) is 0.274. The van der Waals surface area contributed by atoms with Crippen molar-refractivity contribution in [1.29, 1.82) is 0 Å². The number of ether oxygens (including phenoxy) is 3. The minimum absolute atomic E-state index is 0.00656. The molecule has 0 aromatic carbocycles. The molecule has 8 atom stereocenters. The van der Waals surface area contributed by atoms with Crippen LogP contribution in [0.5, 0.6) is 0 Å². The highest BCUT2D eigenvalue weighted by Gasteiger charge is 2.78. The molecule has 8 unspecified atom stereocenters. The zero-order valence-electron chi connectivity index (χ0n) is 15.7. The summed E-state index contributed by atoms with van der Waals surface area (Å²) in [5, 5.41) is 0. The highest BCUT2D eigenvalue weighted by Crippen LogP contribution is 2.60. The Labute approximate surface area is 168 Å². The lowest BCUT2D eigenvalue weighted by Gasteiger charge is -2.42. The second-order valence-electron chi connectivity index (χ2n) is 9.01. The number of fused-ring (bicyclic) bond motifs is 3. The molecule has 0 spiro atoms. The summed E-state index contributed by atoms with van der Waals surface area (Å²) in [5.41, 5.74) is -4.30. The third-order valence-electron chi connectivity index (χ3n) is 7.60. The van der Waals surface area contributed by atoms with Gasteiger partial charge in [-0.2, -0.15) is 26.3 Å². The van der Waals surface area contributed by atoms with E-state index < -0.39 is 42.0 Å². The molecule has 4 fully saturated rings. The monoisotopic (exact) mass is 438 g/mol. The number of rotatable bonds is 5. The predicted octanol–water partition coefficient (Wildman–Crippen LogP) is 4.52. The third-order valence-corrected chi connectivity index (χ3v) is 7.60. The van der Waals surface area contributed by atoms with Crippen LogP contribution in [0.3, 0.4) is 0 Å². The molecule has 5 rings (SSSR count).